The third-order valence-corrected chi connectivity index (χ3v) is 6.92. The lowest BCUT2D eigenvalue weighted by atomic mass is 9.81. The number of pyridine rings is 1. The summed E-state index contributed by atoms with van der Waals surface area (Å²) in [5.41, 5.74) is 8.60. The zero-order chi connectivity index (χ0) is 23.0. The maximum absolute atomic E-state index is 10.4. The van der Waals surface area contributed by atoms with Crippen molar-refractivity contribution in [3.8, 4) is 17.2 Å². The standard InChI is InChI=1S/C30H40N2/c1-5-7-10-16-25-27(17-11-8-6-2)32-29-26(28(25)24-14-12-9-13-15-24)19-21-30(29,22-31)20-18-23(3)4/h9,12-15,18H,5-8,10-11,16-17,19-21H2,1-4H3/t30-/m1/s1. The van der Waals surface area contributed by atoms with Crippen molar-refractivity contribution < 1.29 is 0 Å². The predicted octanol–water partition coefficient (Wildman–Crippen LogP) is 8.28. The van der Waals surface area contributed by atoms with Crippen LogP contribution in [0.3, 0.4) is 0 Å². The molecule has 1 aromatic heterocycles. The first kappa shape index (κ1) is 24.2. The third-order valence-electron chi connectivity index (χ3n) is 6.92. The fourth-order valence-corrected chi connectivity index (χ4v) is 5.07. The Morgan fingerprint density at radius 3 is 2.34 bits per heavy atom. The van der Waals surface area contributed by atoms with Crippen LogP contribution in [0.1, 0.15) is 102 Å². The number of aryl methyl sites for hydroxylation is 1. The van der Waals surface area contributed by atoms with Crippen LogP contribution in [0.15, 0.2) is 42.0 Å². The van der Waals surface area contributed by atoms with Gasteiger partial charge in [-0.15, -0.1) is 0 Å². The van der Waals surface area contributed by atoms with Crippen molar-refractivity contribution in [3.05, 3.63) is 64.5 Å². The van der Waals surface area contributed by atoms with Crippen LogP contribution in [0, 0.1) is 11.3 Å². The summed E-state index contributed by atoms with van der Waals surface area (Å²) in [4.78, 5) is 5.34. The summed E-state index contributed by atoms with van der Waals surface area (Å²) in [6, 6.07) is 13.6. The minimum absolute atomic E-state index is 0.489. The highest BCUT2D eigenvalue weighted by atomic mass is 14.8. The van der Waals surface area contributed by atoms with E-state index in [4.69, 9.17) is 4.98 Å². The predicted molar refractivity (Wildman–Crippen MR) is 136 cm³/mol. The number of hydrogen-bond acceptors (Lipinski definition) is 2. The average Bonchev–Trinajstić information content (AvgIpc) is 3.17. The van der Waals surface area contributed by atoms with Gasteiger partial charge in [-0.3, -0.25) is 4.98 Å². The summed E-state index contributed by atoms with van der Waals surface area (Å²) in [5, 5.41) is 10.4. The van der Waals surface area contributed by atoms with Gasteiger partial charge in [0.1, 0.15) is 5.41 Å². The van der Waals surface area contributed by atoms with E-state index in [1.165, 1.54) is 72.0 Å². The van der Waals surface area contributed by atoms with Crippen LogP contribution in [0.5, 0.6) is 0 Å². The number of nitriles is 1. The second-order valence-electron chi connectivity index (χ2n) is 9.70. The first-order valence-electron chi connectivity index (χ1n) is 12.7. The van der Waals surface area contributed by atoms with Gasteiger partial charge in [0.25, 0.3) is 0 Å². The number of benzene rings is 1. The molecule has 1 atom stereocenters. The molecule has 1 aliphatic rings. The number of nitrogens with zero attached hydrogens (tertiary/aromatic N) is 2. The molecule has 0 N–H and O–H groups in total. The van der Waals surface area contributed by atoms with Gasteiger partial charge in [-0.25, -0.2) is 0 Å². The highest BCUT2D eigenvalue weighted by Gasteiger charge is 2.42. The fraction of sp³-hybridized carbons (Fsp3) is 0.533. The molecule has 2 nitrogen and oxygen atoms in total. The molecule has 170 valence electrons. The lowest BCUT2D eigenvalue weighted by Gasteiger charge is -2.24. The van der Waals surface area contributed by atoms with Gasteiger partial charge < -0.3 is 0 Å². The minimum atomic E-state index is -0.489. The van der Waals surface area contributed by atoms with Crippen molar-refractivity contribution in [1.82, 2.24) is 4.98 Å². The number of fused-ring (bicyclic) bond motifs is 1. The van der Waals surface area contributed by atoms with E-state index in [0.29, 0.717) is 0 Å². The smallest absolute Gasteiger partial charge is 0.103 e. The molecule has 2 aromatic rings. The topological polar surface area (TPSA) is 36.7 Å². The Morgan fingerprint density at radius 1 is 1.03 bits per heavy atom. The SMILES string of the molecule is CCCCCc1nc2c(c(-c3ccccc3)c1CCCCC)CC[C@@]2(C#N)CC=C(C)C. The summed E-state index contributed by atoms with van der Waals surface area (Å²) >= 11 is 0. The van der Waals surface area contributed by atoms with Gasteiger partial charge in [0, 0.05) is 5.69 Å². The Kier molecular flexibility index (Phi) is 8.68. The Balaban J connectivity index is 2.21. The highest BCUT2D eigenvalue weighted by Crippen LogP contribution is 2.46. The minimum Gasteiger partial charge on any atom is -0.256 e. The van der Waals surface area contributed by atoms with Crippen molar-refractivity contribution in [3.63, 3.8) is 0 Å². The molecule has 0 amide bonds. The van der Waals surface area contributed by atoms with E-state index in [2.05, 4.69) is 70.2 Å². The Morgan fingerprint density at radius 2 is 1.72 bits per heavy atom. The van der Waals surface area contributed by atoms with E-state index in [1.807, 2.05) is 0 Å². The molecule has 1 heterocycles. The summed E-state index contributed by atoms with van der Waals surface area (Å²) < 4.78 is 0. The maximum Gasteiger partial charge on any atom is 0.103 e. The number of allylic oxidation sites excluding steroid dienone is 2. The van der Waals surface area contributed by atoms with E-state index in [1.54, 1.807) is 0 Å². The van der Waals surface area contributed by atoms with E-state index in [9.17, 15) is 5.26 Å². The fourth-order valence-electron chi connectivity index (χ4n) is 5.07. The maximum atomic E-state index is 10.4. The van der Waals surface area contributed by atoms with E-state index < -0.39 is 5.41 Å². The zero-order valence-corrected chi connectivity index (χ0v) is 20.6. The largest absolute Gasteiger partial charge is 0.256 e. The monoisotopic (exact) mass is 428 g/mol. The Labute approximate surface area is 195 Å². The molecule has 0 radical (unpaired) electrons. The Bertz CT molecular complexity index is 961. The van der Waals surface area contributed by atoms with Gasteiger partial charge in [-0.05, 0) is 81.0 Å². The number of unbranched alkanes of at least 4 members (excludes halogenated alkanes) is 4. The van der Waals surface area contributed by atoms with Gasteiger partial charge in [-0.1, -0.05) is 81.5 Å². The van der Waals surface area contributed by atoms with Gasteiger partial charge in [-0.2, -0.15) is 5.26 Å². The second-order valence-corrected chi connectivity index (χ2v) is 9.70. The van der Waals surface area contributed by atoms with Crippen molar-refractivity contribution in [2.45, 2.75) is 104 Å². The van der Waals surface area contributed by atoms with Crippen LogP contribution in [0.25, 0.3) is 11.1 Å². The van der Waals surface area contributed by atoms with Crippen LogP contribution >= 0.6 is 0 Å². The molecule has 0 bridgehead atoms. The van der Waals surface area contributed by atoms with Crippen LogP contribution in [0.4, 0.5) is 0 Å². The van der Waals surface area contributed by atoms with Gasteiger partial charge in [0.2, 0.25) is 0 Å². The molecule has 0 aliphatic heterocycles. The van der Waals surface area contributed by atoms with Gasteiger partial charge in [0.05, 0.1) is 11.8 Å². The molecular weight excluding hydrogens is 388 g/mol. The van der Waals surface area contributed by atoms with Crippen LogP contribution in [-0.4, -0.2) is 4.98 Å². The molecule has 0 saturated heterocycles. The Hall–Kier alpha value is -2.40. The van der Waals surface area contributed by atoms with Crippen molar-refractivity contribution in [2.24, 2.45) is 0 Å². The lowest BCUT2D eigenvalue weighted by molar-refractivity contribution is 0.535. The summed E-state index contributed by atoms with van der Waals surface area (Å²) in [6.45, 7) is 8.77. The molecule has 1 aliphatic carbocycles. The summed E-state index contributed by atoms with van der Waals surface area (Å²) in [7, 11) is 0. The van der Waals surface area contributed by atoms with Crippen LogP contribution < -0.4 is 0 Å². The highest BCUT2D eigenvalue weighted by molar-refractivity contribution is 5.74. The second kappa shape index (κ2) is 11.5. The van der Waals surface area contributed by atoms with Crippen molar-refractivity contribution in [2.75, 3.05) is 0 Å². The molecular formula is C30H40N2. The van der Waals surface area contributed by atoms with E-state index >= 15 is 0 Å². The number of aromatic nitrogens is 1. The van der Waals surface area contributed by atoms with Crippen LogP contribution in [0.2, 0.25) is 0 Å². The van der Waals surface area contributed by atoms with Gasteiger partial charge >= 0.3 is 0 Å². The molecule has 1 aromatic carbocycles. The molecule has 0 fully saturated rings. The first-order chi connectivity index (χ1) is 15.6. The first-order valence-corrected chi connectivity index (χ1v) is 12.7. The van der Waals surface area contributed by atoms with Gasteiger partial charge in [0.15, 0.2) is 0 Å². The van der Waals surface area contributed by atoms with Crippen molar-refractivity contribution in [1.29, 1.82) is 5.26 Å². The van der Waals surface area contributed by atoms with E-state index in [0.717, 1.165) is 37.8 Å². The molecule has 32 heavy (non-hydrogen) atoms. The number of hydrogen-bond donors (Lipinski definition) is 0. The van der Waals surface area contributed by atoms with E-state index in [-0.39, 0.29) is 0 Å². The lowest BCUT2D eigenvalue weighted by Crippen LogP contribution is -2.22. The normalized spacial score (nSPS) is 17.1. The molecule has 2 heteroatoms. The summed E-state index contributed by atoms with van der Waals surface area (Å²) in [6.07, 6.45) is 14.2. The quantitative estimate of drug-likeness (QED) is 0.267. The third kappa shape index (κ3) is 5.32. The molecule has 0 spiro atoms. The zero-order valence-electron chi connectivity index (χ0n) is 20.6. The molecule has 3 rings (SSSR count). The molecule has 0 unspecified atom stereocenters. The summed E-state index contributed by atoms with van der Waals surface area (Å²) in [5.74, 6) is 0. The van der Waals surface area contributed by atoms with Crippen LogP contribution in [-0.2, 0) is 24.7 Å². The van der Waals surface area contributed by atoms with Crippen molar-refractivity contribution >= 4 is 0 Å². The molecule has 0 saturated carbocycles. The average molecular weight is 429 g/mol. The number of rotatable bonds is 11.